The van der Waals surface area contributed by atoms with Crippen molar-refractivity contribution in [3.8, 4) is 0 Å². The number of hydrogen-bond donors (Lipinski definition) is 0. The summed E-state index contributed by atoms with van der Waals surface area (Å²) in [6.45, 7) is 5.65. The maximum absolute atomic E-state index is 12.0. The molecule has 1 saturated heterocycles. The van der Waals surface area contributed by atoms with Crippen molar-refractivity contribution in [2.45, 2.75) is 28.7 Å². The number of nitrogens with zero attached hydrogens (tertiary/aromatic N) is 3. The Morgan fingerprint density at radius 2 is 1.90 bits per heavy atom. The summed E-state index contributed by atoms with van der Waals surface area (Å²) in [6.07, 6.45) is 1.81. The first-order valence-electron chi connectivity index (χ1n) is 7.14. The van der Waals surface area contributed by atoms with Crippen LogP contribution in [0.1, 0.15) is 13.8 Å². The van der Waals surface area contributed by atoms with Crippen LogP contribution < -0.4 is 8.61 Å². The molecule has 2 radical (unpaired) electrons. The summed E-state index contributed by atoms with van der Waals surface area (Å²) >= 11 is -2.18. The molecule has 1 aliphatic heterocycles. The zero-order valence-electron chi connectivity index (χ0n) is 13.2. The molecule has 0 aliphatic carbocycles. The van der Waals surface area contributed by atoms with Gasteiger partial charge in [0.2, 0.25) is 0 Å². The predicted molar refractivity (Wildman–Crippen MR) is 88.2 cm³/mol. The van der Waals surface area contributed by atoms with Gasteiger partial charge in [0.15, 0.2) is 0 Å². The third-order valence-electron chi connectivity index (χ3n) is 3.07. The van der Waals surface area contributed by atoms with E-state index < -0.39 is 18.4 Å². The van der Waals surface area contributed by atoms with Crippen LogP contribution in [0.25, 0.3) is 0 Å². The van der Waals surface area contributed by atoms with Crippen LogP contribution in [0.15, 0.2) is 18.3 Å². The molecule has 0 N–H and O–H groups in total. The molecule has 20 heavy (non-hydrogen) atoms. The second kappa shape index (κ2) is 7.45. The van der Waals surface area contributed by atoms with Crippen LogP contribution in [0.2, 0.25) is 14.8 Å². The quantitative estimate of drug-likeness (QED) is 0.728. The van der Waals surface area contributed by atoms with Crippen LogP contribution in [0.5, 0.6) is 0 Å². The third-order valence-corrected chi connectivity index (χ3v) is 8.24. The van der Waals surface area contributed by atoms with Crippen molar-refractivity contribution in [2.75, 3.05) is 24.5 Å². The van der Waals surface area contributed by atoms with Gasteiger partial charge >= 0.3 is 114 Å². The first-order valence-corrected chi connectivity index (χ1v) is 17.1. The summed E-state index contributed by atoms with van der Waals surface area (Å²) in [7, 11) is 5.65. The average molecular weight is 380 g/mol. The van der Waals surface area contributed by atoms with Gasteiger partial charge in [-0.25, -0.2) is 0 Å². The van der Waals surface area contributed by atoms with E-state index in [2.05, 4.69) is 25.9 Å². The number of carbonyl (C=O) groups excluding carboxylic acids is 1. The zero-order chi connectivity index (χ0) is 15.3. The first kappa shape index (κ1) is 17.5. The number of anilines is 1. The van der Waals surface area contributed by atoms with Crippen molar-refractivity contribution >= 4 is 41.7 Å². The monoisotopic (exact) mass is 381 g/mol. The van der Waals surface area contributed by atoms with Crippen LogP contribution in [0, 0.1) is 0 Å². The van der Waals surface area contributed by atoms with Crippen LogP contribution >= 0.6 is 0 Å². The van der Waals surface area contributed by atoms with Gasteiger partial charge in [0.25, 0.3) is 0 Å². The Morgan fingerprint density at radius 1 is 1.25 bits per heavy atom. The molecule has 108 valence electrons. The summed E-state index contributed by atoms with van der Waals surface area (Å²) in [5.74, 6) is 0.0602. The molecule has 6 heteroatoms. The van der Waals surface area contributed by atoms with Gasteiger partial charge in [-0.3, -0.25) is 0 Å². The number of aromatic nitrogens is 1. The Balaban J connectivity index is 0.000000956. The molecule has 4 nitrogen and oxygen atoms in total. The maximum atomic E-state index is 12.0. The van der Waals surface area contributed by atoms with Gasteiger partial charge in [0, 0.05) is 0 Å². The Hall–Kier alpha value is -0.556. The number of amides is 1. The SMILES string of the molecule is CC.[B]N1CCN(c2ccn[c]([Sn]([CH3])([CH3])[CH3])c2)C(=O)C1. The molecular formula is C14H24BN3OSn. The van der Waals surface area contributed by atoms with Gasteiger partial charge < -0.3 is 0 Å². The van der Waals surface area contributed by atoms with Gasteiger partial charge in [-0.2, -0.15) is 0 Å². The van der Waals surface area contributed by atoms with Crippen molar-refractivity contribution < 1.29 is 4.79 Å². The molecule has 1 aromatic rings. The van der Waals surface area contributed by atoms with E-state index in [4.69, 9.17) is 7.98 Å². The topological polar surface area (TPSA) is 36.4 Å². The number of hydrogen-bond acceptors (Lipinski definition) is 3. The first-order chi connectivity index (χ1) is 9.38. The fourth-order valence-electron chi connectivity index (χ4n) is 1.96. The van der Waals surface area contributed by atoms with E-state index in [0.717, 1.165) is 5.69 Å². The van der Waals surface area contributed by atoms with E-state index in [1.807, 2.05) is 31.0 Å². The molecule has 1 aromatic heterocycles. The number of carbonyl (C=O) groups is 1. The van der Waals surface area contributed by atoms with E-state index in [1.54, 1.807) is 4.81 Å². The molecular weight excluding hydrogens is 356 g/mol. The van der Waals surface area contributed by atoms with Gasteiger partial charge in [-0.1, -0.05) is 13.8 Å². The van der Waals surface area contributed by atoms with Crippen molar-refractivity contribution in [3.63, 3.8) is 0 Å². The van der Waals surface area contributed by atoms with Gasteiger partial charge in [-0.05, 0) is 0 Å². The van der Waals surface area contributed by atoms with Crippen molar-refractivity contribution in [2.24, 2.45) is 0 Å². The number of piperazine rings is 1. The molecule has 0 atom stereocenters. The third kappa shape index (κ3) is 4.48. The average Bonchev–Trinajstić information content (AvgIpc) is 2.40. The molecule has 2 rings (SSSR count). The van der Waals surface area contributed by atoms with Crippen molar-refractivity contribution in [3.05, 3.63) is 18.3 Å². The Kier molecular flexibility index (Phi) is 6.52. The minimum absolute atomic E-state index is 0.0602. The fourth-order valence-corrected chi connectivity index (χ4v) is 4.94. The van der Waals surface area contributed by atoms with Gasteiger partial charge in [0.05, 0.1) is 0 Å². The van der Waals surface area contributed by atoms with Crippen molar-refractivity contribution in [1.29, 1.82) is 0 Å². The molecule has 0 bridgehead atoms. The second-order valence-corrected chi connectivity index (χ2v) is 20.0. The van der Waals surface area contributed by atoms with E-state index in [0.29, 0.717) is 13.1 Å². The van der Waals surface area contributed by atoms with E-state index in [9.17, 15) is 4.79 Å². The number of pyridine rings is 1. The summed E-state index contributed by atoms with van der Waals surface area (Å²) in [4.78, 5) is 26.8. The van der Waals surface area contributed by atoms with Crippen LogP contribution in [0.3, 0.4) is 0 Å². The summed E-state index contributed by atoms with van der Waals surface area (Å²) in [6, 6.07) is 3.99. The molecule has 1 amide bonds. The molecule has 0 spiro atoms. The van der Waals surface area contributed by atoms with E-state index in [1.165, 1.54) is 3.71 Å². The number of rotatable bonds is 2. The van der Waals surface area contributed by atoms with Gasteiger partial charge in [-0.15, -0.1) is 0 Å². The molecule has 0 saturated carbocycles. The normalized spacial score (nSPS) is 16.6. The minimum atomic E-state index is -2.18. The van der Waals surface area contributed by atoms with Crippen LogP contribution in [-0.4, -0.2) is 61.7 Å². The molecule has 1 aliphatic rings. The van der Waals surface area contributed by atoms with E-state index >= 15 is 0 Å². The molecule has 2 heterocycles. The summed E-state index contributed by atoms with van der Waals surface area (Å²) in [5, 5.41) is 0. The molecule has 0 aromatic carbocycles. The van der Waals surface area contributed by atoms with E-state index in [-0.39, 0.29) is 12.5 Å². The predicted octanol–water partition coefficient (Wildman–Crippen LogP) is 1.39. The Bertz CT molecular complexity index is 462. The summed E-state index contributed by atoms with van der Waals surface area (Å²) in [5.41, 5.74) is 0.963. The molecule has 0 unspecified atom stereocenters. The van der Waals surface area contributed by atoms with Gasteiger partial charge in [0.1, 0.15) is 0 Å². The molecule has 1 fully saturated rings. The zero-order valence-corrected chi connectivity index (χ0v) is 16.0. The summed E-state index contributed by atoms with van der Waals surface area (Å²) < 4.78 is 1.20. The fraction of sp³-hybridized carbons (Fsp3) is 0.571. The van der Waals surface area contributed by atoms with Crippen LogP contribution in [-0.2, 0) is 4.79 Å². The van der Waals surface area contributed by atoms with Crippen molar-refractivity contribution in [1.82, 2.24) is 9.79 Å². The standard InChI is InChI=1S/C9H9BN3O.C2H6.3CH3.Sn/c10-12-5-6-13(9(14)7-12)8-1-3-11-4-2-8;1-2;;;;/h1-3H,5-7H2;1-2H3;3*1H3;. The Labute approximate surface area is 127 Å². The van der Waals surface area contributed by atoms with Crippen LogP contribution in [0.4, 0.5) is 5.69 Å². The Morgan fingerprint density at radius 3 is 2.45 bits per heavy atom. The second-order valence-electron chi connectivity index (χ2n) is 5.67.